The van der Waals surface area contributed by atoms with Crippen molar-refractivity contribution in [2.45, 2.75) is 108 Å². The number of aryl methyl sites for hydroxylation is 2. The van der Waals surface area contributed by atoms with E-state index in [2.05, 4.69) is 66.2 Å². The predicted molar refractivity (Wildman–Crippen MR) is 271 cm³/mol. The Morgan fingerprint density at radius 1 is 0.896 bits per heavy atom. The molecule has 2 saturated carbocycles. The second-order valence-electron chi connectivity index (χ2n) is 19.8. The number of hydrogen-bond acceptors (Lipinski definition) is 9. The summed E-state index contributed by atoms with van der Waals surface area (Å²) in [5.41, 5.74) is 21.9. The summed E-state index contributed by atoms with van der Waals surface area (Å²) in [6.07, 6.45) is 16.2. The minimum absolute atomic E-state index is 0.0182. The van der Waals surface area contributed by atoms with E-state index in [-0.39, 0.29) is 46.9 Å². The van der Waals surface area contributed by atoms with Gasteiger partial charge < -0.3 is 31.4 Å². The average molecular weight is 934 g/mol. The summed E-state index contributed by atoms with van der Waals surface area (Å²) in [4.78, 5) is 31.2. The summed E-state index contributed by atoms with van der Waals surface area (Å²) in [5, 5.41) is 22.5. The fourth-order valence-electron chi connectivity index (χ4n) is 11.5. The molecule has 8 nitrogen and oxygen atoms in total. The third kappa shape index (κ3) is 10.8. The first-order valence-corrected chi connectivity index (χ1v) is 26.6. The number of nitrogens with one attached hydrogen (secondary N) is 1. The van der Waals surface area contributed by atoms with Crippen molar-refractivity contribution in [2.24, 2.45) is 34.1 Å². The molecule has 1 aliphatic heterocycles. The van der Waals surface area contributed by atoms with Gasteiger partial charge in [-0.15, -0.1) is 0 Å². The van der Waals surface area contributed by atoms with E-state index < -0.39 is 12.1 Å². The number of aromatic amines is 1. The smallest absolute Gasteiger partial charge is 0.165 e. The minimum atomic E-state index is -0.736. The summed E-state index contributed by atoms with van der Waals surface area (Å²) in [6.45, 7) is 2.67. The molecule has 0 amide bonds. The first kappa shape index (κ1) is 46.9. The van der Waals surface area contributed by atoms with Crippen LogP contribution in [0.15, 0.2) is 103 Å². The van der Waals surface area contributed by atoms with Crippen molar-refractivity contribution in [1.29, 1.82) is 0 Å². The molecule has 0 radical (unpaired) electrons. The molecule has 9 rings (SSSR count). The maximum Gasteiger partial charge on any atom is 0.165 e. The Morgan fingerprint density at radius 2 is 1.72 bits per heavy atom. The van der Waals surface area contributed by atoms with Crippen molar-refractivity contribution < 1.29 is 24.5 Å². The number of phenolic OH excluding ortho intramolecular Hbond substituents is 2. The van der Waals surface area contributed by atoms with Crippen LogP contribution in [0.3, 0.4) is 0 Å². The van der Waals surface area contributed by atoms with Crippen molar-refractivity contribution in [3.63, 3.8) is 0 Å². The second-order valence-corrected chi connectivity index (χ2v) is 22.3. The van der Waals surface area contributed by atoms with Crippen molar-refractivity contribution >= 4 is 33.2 Å². The van der Waals surface area contributed by atoms with E-state index in [0.29, 0.717) is 60.1 Å². The van der Waals surface area contributed by atoms with Crippen molar-refractivity contribution in [1.82, 2.24) is 4.98 Å². The molecule has 5 aromatic rings. The molecular formula is C57H63N3O5S2. The highest BCUT2D eigenvalue weighted by Crippen LogP contribution is 2.64. The van der Waals surface area contributed by atoms with Crippen molar-refractivity contribution in [3.8, 4) is 29.1 Å². The zero-order valence-electron chi connectivity index (χ0n) is 38.5. The molecule has 1 aromatic heterocycles. The van der Waals surface area contributed by atoms with E-state index in [4.69, 9.17) is 16.2 Å². The fraction of sp³-hybridized carbons (Fsp3) is 0.404. The molecule has 2 heterocycles. The van der Waals surface area contributed by atoms with Gasteiger partial charge in [-0.3, -0.25) is 9.59 Å². The van der Waals surface area contributed by atoms with Gasteiger partial charge in [-0.25, -0.2) is 0 Å². The van der Waals surface area contributed by atoms with Crippen LogP contribution in [0.5, 0.6) is 17.2 Å². The highest BCUT2D eigenvalue weighted by molar-refractivity contribution is 8.76. The fourth-order valence-corrected chi connectivity index (χ4v) is 14.3. The van der Waals surface area contributed by atoms with E-state index in [1.54, 1.807) is 18.3 Å². The molecule has 10 heteroatoms. The van der Waals surface area contributed by atoms with Gasteiger partial charge in [-0.2, -0.15) is 0 Å². The molecule has 8 bridgehead atoms. The molecule has 2 fully saturated rings. The highest BCUT2D eigenvalue weighted by atomic mass is 33.1. The lowest BCUT2D eigenvalue weighted by atomic mass is 9.61. The van der Waals surface area contributed by atoms with E-state index in [1.807, 2.05) is 64.1 Å². The van der Waals surface area contributed by atoms with Crippen LogP contribution in [0.25, 0.3) is 0 Å². The number of carbonyl (C=O) groups excluding carboxylic acids is 2. The normalized spacial score (nSPS) is 24.2. The van der Waals surface area contributed by atoms with E-state index in [0.717, 1.165) is 89.8 Å². The number of phenols is 2. The molecule has 4 aliphatic rings. The van der Waals surface area contributed by atoms with Crippen LogP contribution >= 0.6 is 21.6 Å². The summed E-state index contributed by atoms with van der Waals surface area (Å²) in [5.74, 6) is 9.56. The third-order valence-corrected chi connectivity index (χ3v) is 17.8. The number of ether oxygens (including phenoxy) is 1. The molecule has 0 unspecified atom stereocenters. The van der Waals surface area contributed by atoms with Crippen molar-refractivity contribution in [2.75, 3.05) is 12.4 Å². The highest BCUT2D eigenvalue weighted by Gasteiger charge is 2.54. The van der Waals surface area contributed by atoms with Crippen LogP contribution < -0.4 is 16.2 Å². The van der Waals surface area contributed by atoms with Gasteiger partial charge in [0, 0.05) is 65.3 Å². The summed E-state index contributed by atoms with van der Waals surface area (Å²) in [6, 6.07) is 27.6. The number of ketones is 2. The largest absolute Gasteiger partial charge is 0.508 e. The number of nitrogens with two attached hydrogens (primary N) is 2. The lowest BCUT2D eigenvalue weighted by Crippen LogP contribution is -2.36. The Labute approximate surface area is 403 Å². The number of rotatable bonds is 6. The SMILES string of the molecule is C[C@H](CCc1ccccc1)C[C@@H]1CC[C@@]23CC[C@@]1(/C=C/C(=O)CCc1ccc(O)c(c1)OCCc1ccc(O)c(c1)[C@H]1CC(=O)c4cc[nH]c4CC#Cc4cc(C(N)N)c(cc41)CSSC2)C3. The van der Waals surface area contributed by atoms with Crippen LogP contribution in [0.1, 0.15) is 137 Å². The topological polar surface area (TPSA) is 152 Å². The molecule has 348 valence electrons. The third-order valence-electron chi connectivity index (χ3n) is 15.2. The summed E-state index contributed by atoms with van der Waals surface area (Å²) < 4.78 is 6.20. The zero-order valence-corrected chi connectivity index (χ0v) is 40.2. The molecule has 67 heavy (non-hydrogen) atoms. The standard InChI is InChI=1S/C57H63N3O5S2/c1-37(10-11-38-6-3-2-4-7-38)28-43-18-22-56-24-25-57(43,35-56)23-19-44(61)15-12-39-14-17-52(63)54(30-39)65-27-21-40-13-16-51(62)49(29-40)48-33-53(64)45-20-26-60-50(45)9-5-8-41-31-47(55(58)59)42(32-46(41)48)34-66-67-36-56/h2-4,6-7,13-14,16-17,19-20,23,26,29-32,37,43,48,55,60,62-63H,9-12,15,18,21-22,24-25,27-28,33-36,58-59H2,1H3/b23-19+/t37-,43+,48+,56+,57+/m1/s1. The van der Waals surface area contributed by atoms with E-state index in [1.165, 1.54) is 12.0 Å². The average Bonchev–Trinajstić information content (AvgIpc) is 3.93. The van der Waals surface area contributed by atoms with Crippen LogP contribution in [-0.2, 0) is 36.2 Å². The number of fused-ring (bicyclic) bond motifs is 7. The Bertz CT molecular complexity index is 2700. The van der Waals surface area contributed by atoms with Gasteiger partial charge in [0.05, 0.1) is 19.2 Å². The number of carbonyl (C=O) groups is 2. The second kappa shape index (κ2) is 20.6. The monoisotopic (exact) mass is 933 g/mol. The first-order valence-electron chi connectivity index (χ1n) is 24.1. The van der Waals surface area contributed by atoms with Gasteiger partial charge in [0.15, 0.2) is 23.1 Å². The first-order chi connectivity index (χ1) is 32.5. The van der Waals surface area contributed by atoms with E-state index in [9.17, 15) is 19.8 Å². The molecule has 7 N–H and O–H groups in total. The van der Waals surface area contributed by atoms with Gasteiger partial charge in [0.1, 0.15) is 5.75 Å². The Hall–Kier alpha value is -5.18. The van der Waals surface area contributed by atoms with Gasteiger partial charge >= 0.3 is 0 Å². The zero-order chi connectivity index (χ0) is 46.5. The Morgan fingerprint density at radius 3 is 2.55 bits per heavy atom. The minimum Gasteiger partial charge on any atom is -0.508 e. The van der Waals surface area contributed by atoms with Crippen LogP contribution in [0.4, 0.5) is 0 Å². The van der Waals surface area contributed by atoms with Crippen LogP contribution in [0.2, 0.25) is 0 Å². The molecular weight excluding hydrogens is 871 g/mol. The molecule has 0 spiro atoms. The molecule has 5 atom stereocenters. The Kier molecular flexibility index (Phi) is 14.4. The number of Topliss-reactive ketones (excluding diaryl/α,β-unsaturated/α-hetero) is 1. The molecule has 3 aliphatic carbocycles. The number of benzene rings is 4. The number of hydrogen-bond donors (Lipinski definition) is 5. The number of allylic oxidation sites excluding steroid dienone is 2. The quantitative estimate of drug-likeness (QED) is 0.0636. The van der Waals surface area contributed by atoms with Crippen LogP contribution in [0, 0.1) is 34.5 Å². The van der Waals surface area contributed by atoms with Crippen molar-refractivity contribution in [3.05, 3.63) is 159 Å². The predicted octanol–water partition coefficient (Wildman–Crippen LogP) is 11.5. The molecule has 0 saturated heterocycles. The number of aromatic hydroxyl groups is 2. The van der Waals surface area contributed by atoms with Gasteiger partial charge in [0.25, 0.3) is 0 Å². The lowest BCUT2D eigenvalue weighted by Gasteiger charge is -2.45. The maximum absolute atomic E-state index is 14.3. The summed E-state index contributed by atoms with van der Waals surface area (Å²) in [7, 11) is 3.74. The molecule has 4 aromatic carbocycles. The van der Waals surface area contributed by atoms with Crippen LogP contribution in [-0.4, -0.2) is 39.1 Å². The maximum atomic E-state index is 14.3. The summed E-state index contributed by atoms with van der Waals surface area (Å²) >= 11 is 0. The Balaban J connectivity index is 1.05. The van der Waals surface area contributed by atoms with Gasteiger partial charge in [-0.05, 0) is 150 Å². The number of H-pyrrole nitrogens is 1. The van der Waals surface area contributed by atoms with Gasteiger partial charge in [0.2, 0.25) is 0 Å². The number of aromatic nitrogens is 1. The lowest BCUT2D eigenvalue weighted by molar-refractivity contribution is -0.114. The van der Waals surface area contributed by atoms with Gasteiger partial charge in [-0.1, -0.05) is 101 Å². The van der Waals surface area contributed by atoms with E-state index >= 15 is 0 Å².